The molecule has 1 heteroatoms. The molecule has 0 heterocycles. The quantitative estimate of drug-likeness (QED) is 0.611. The van der Waals surface area contributed by atoms with Gasteiger partial charge in [-0.3, -0.25) is 0 Å². The van der Waals surface area contributed by atoms with Crippen LogP contribution >= 0.6 is 0 Å². The van der Waals surface area contributed by atoms with E-state index in [1.54, 1.807) is 0 Å². The van der Waals surface area contributed by atoms with Crippen molar-refractivity contribution in [3.05, 3.63) is 23.9 Å². The van der Waals surface area contributed by atoms with Crippen molar-refractivity contribution in [1.29, 1.82) is 0 Å². The highest BCUT2D eigenvalue weighted by molar-refractivity contribution is 5.03. The first-order chi connectivity index (χ1) is 5.43. The molecule has 0 aliphatic heterocycles. The summed E-state index contributed by atoms with van der Waals surface area (Å²) in [5, 5.41) is 3.40. The highest BCUT2D eigenvalue weighted by Gasteiger charge is 2.00. The normalized spacial score (nSPS) is 18.5. The summed E-state index contributed by atoms with van der Waals surface area (Å²) in [5.74, 6) is 0. The molecule has 11 heavy (non-hydrogen) atoms. The van der Waals surface area contributed by atoms with Crippen LogP contribution in [-0.2, 0) is 0 Å². The number of hydrogen-bond acceptors (Lipinski definition) is 1. The van der Waals surface area contributed by atoms with Crippen LogP contribution < -0.4 is 5.32 Å². The SMILES string of the molecule is CC=CCNC1=CCCCC1. The van der Waals surface area contributed by atoms with Gasteiger partial charge in [-0.25, -0.2) is 0 Å². The van der Waals surface area contributed by atoms with Crippen LogP contribution in [0.3, 0.4) is 0 Å². The molecule has 0 atom stereocenters. The van der Waals surface area contributed by atoms with E-state index in [1.165, 1.54) is 31.4 Å². The van der Waals surface area contributed by atoms with E-state index < -0.39 is 0 Å². The maximum Gasteiger partial charge on any atom is 0.0327 e. The van der Waals surface area contributed by atoms with Crippen LogP contribution in [0.2, 0.25) is 0 Å². The van der Waals surface area contributed by atoms with Crippen molar-refractivity contribution in [3.8, 4) is 0 Å². The van der Waals surface area contributed by atoms with Gasteiger partial charge >= 0.3 is 0 Å². The van der Waals surface area contributed by atoms with Gasteiger partial charge in [-0.2, -0.15) is 0 Å². The first-order valence-electron chi connectivity index (χ1n) is 4.47. The Balaban J connectivity index is 2.19. The van der Waals surface area contributed by atoms with Crippen LogP contribution in [0.5, 0.6) is 0 Å². The van der Waals surface area contributed by atoms with Gasteiger partial charge < -0.3 is 5.32 Å². The highest BCUT2D eigenvalue weighted by atomic mass is 14.9. The molecule has 1 N–H and O–H groups in total. The van der Waals surface area contributed by atoms with E-state index in [-0.39, 0.29) is 0 Å². The van der Waals surface area contributed by atoms with Gasteiger partial charge in [-0.1, -0.05) is 18.2 Å². The zero-order valence-corrected chi connectivity index (χ0v) is 7.27. The minimum absolute atomic E-state index is 0.988. The molecule has 0 saturated heterocycles. The lowest BCUT2D eigenvalue weighted by molar-refractivity contribution is 0.656. The van der Waals surface area contributed by atoms with Crippen molar-refractivity contribution in [2.24, 2.45) is 0 Å². The Morgan fingerprint density at radius 2 is 2.45 bits per heavy atom. The van der Waals surface area contributed by atoms with E-state index >= 15 is 0 Å². The second-order valence-corrected chi connectivity index (χ2v) is 2.93. The van der Waals surface area contributed by atoms with Gasteiger partial charge in [0.15, 0.2) is 0 Å². The second-order valence-electron chi connectivity index (χ2n) is 2.93. The molecule has 0 radical (unpaired) electrons. The van der Waals surface area contributed by atoms with Crippen LogP contribution in [0.1, 0.15) is 32.6 Å². The zero-order valence-electron chi connectivity index (χ0n) is 7.27. The molecule has 0 bridgehead atoms. The molecular formula is C10H17N. The van der Waals surface area contributed by atoms with E-state index in [4.69, 9.17) is 0 Å². The Morgan fingerprint density at radius 3 is 3.09 bits per heavy atom. The molecule has 0 spiro atoms. The lowest BCUT2D eigenvalue weighted by Crippen LogP contribution is -2.14. The predicted octanol–water partition coefficient (Wildman–Crippen LogP) is 2.61. The molecule has 0 saturated carbocycles. The van der Waals surface area contributed by atoms with Gasteiger partial charge in [0.1, 0.15) is 0 Å². The second kappa shape index (κ2) is 5.00. The minimum Gasteiger partial charge on any atom is -0.385 e. The molecular weight excluding hydrogens is 134 g/mol. The summed E-state index contributed by atoms with van der Waals surface area (Å²) >= 11 is 0. The van der Waals surface area contributed by atoms with Crippen LogP contribution in [0.4, 0.5) is 0 Å². The molecule has 0 unspecified atom stereocenters. The van der Waals surface area contributed by atoms with Gasteiger partial charge in [0.25, 0.3) is 0 Å². The van der Waals surface area contributed by atoms with Crippen LogP contribution in [0.15, 0.2) is 23.9 Å². The number of rotatable bonds is 3. The molecule has 1 aliphatic rings. The highest BCUT2D eigenvalue weighted by Crippen LogP contribution is 2.14. The van der Waals surface area contributed by atoms with Gasteiger partial charge in [0, 0.05) is 12.2 Å². The number of nitrogens with one attached hydrogen (secondary N) is 1. The lowest BCUT2D eigenvalue weighted by Gasteiger charge is -2.13. The Labute approximate surface area is 69.2 Å². The Morgan fingerprint density at radius 1 is 1.55 bits per heavy atom. The molecule has 1 aliphatic carbocycles. The van der Waals surface area contributed by atoms with E-state index in [9.17, 15) is 0 Å². The van der Waals surface area contributed by atoms with E-state index in [2.05, 4.69) is 30.5 Å². The Kier molecular flexibility index (Phi) is 3.81. The average Bonchev–Trinajstić information content (AvgIpc) is 2.07. The summed E-state index contributed by atoms with van der Waals surface area (Å²) in [6.07, 6.45) is 11.8. The third kappa shape index (κ3) is 3.26. The standard InChI is InChI=1S/C10H17N/c1-2-3-9-11-10-7-5-4-6-8-10/h2-3,7,11H,4-6,8-9H2,1H3. The van der Waals surface area contributed by atoms with Crippen molar-refractivity contribution in [1.82, 2.24) is 5.32 Å². The molecule has 1 rings (SSSR count). The van der Waals surface area contributed by atoms with Gasteiger partial charge in [-0.15, -0.1) is 0 Å². The maximum atomic E-state index is 3.40. The van der Waals surface area contributed by atoms with E-state index in [1.807, 2.05) is 0 Å². The van der Waals surface area contributed by atoms with Gasteiger partial charge in [-0.05, 0) is 32.6 Å². The van der Waals surface area contributed by atoms with Gasteiger partial charge in [0.2, 0.25) is 0 Å². The third-order valence-corrected chi connectivity index (χ3v) is 1.97. The Hall–Kier alpha value is -0.720. The summed E-state index contributed by atoms with van der Waals surface area (Å²) in [6.45, 7) is 3.04. The minimum atomic E-state index is 0.988. The first-order valence-corrected chi connectivity index (χ1v) is 4.47. The molecule has 62 valence electrons. The smallest absolute Gasteiger partial charge is 0.0327 e. The van der Waals surface area contributed by atoms with Crippen molar-refractivity contribution in [3.63, 3.8) is 0 Å². The van der Waals surface area contributed by atoms with Crippen LogP contribution in [-0.4, -0.2) is 6.54 Å². The van der Waals surface area contributed by atoms with E-state index in [0.29, 0.717) is 0 Å². The van der Waals surface area contributed by atoms with Crippen molar-refractivity contribution in [2.45, 2.75) is 32.6 Å². The topological polar surface area (TPSA) is 12.0 Å². The summed E-state index contributed by atoms with van der Waals surface area (Å²) in [5.41, 5.74) is 1.44. The van der Waals surface area contributed by atoms with Crippen molar-refractivity contribution >= 4 is 0 Å². The van der Waals surface area contributed by atoms with Gasteiger partial charge in [0.05, 0.1) is 0 Å². The Bertz CT molecular complexity index is 156. The average molecular weight is 151 g/mol. The van der Waals surface area contributed by atoms with Crippen LogP contribution in [0.25, 0.3) is 0 Å². The molecule has 0 amide bonds. The first kappa shape index (κ1) is 8.38. The summed E-state index contributed by atoms with van der Waals surface area (Å²) in [6, 6.07) is 0. The lowest BCUT2D eigenvalue weighted by atomic mass is 10.1. The molecule has 0 aromatic rings. The molecule has 0 aromatic carbocycles. The van der Waals surface area contributed by atoms with Crippen molar-refractivity contribution in [2.75, 3.05) is 6.54 Å². The molecule has 1 nitrogen and oxygen atoms in total. The summed E-state index contributed by atoms with van der Waals surface area (Å²) in [7, 11) is 0. The predicted molar refractivity (Wildman–Crippen MR) is 49.4 cm³/mol. The maximum absolute atomic E-state index is 3.40. The fraction of sp³-hybridized carbons (Fsp3) is 0.600. The number of hydrogen-bond donors (Lipinski definition) is 1. The summed E-state index contributed by atoms with van der Waals surface area (Å²) in [4.78, 5) is 0. The van der Waals surface area contributed by atoms with Crippen molar-refractivity contribution < 1.29 is 0 Å². The fourth-order valence-electron chi connectivity index (χ4n) is 1.31. The van der Waals surface area contributed by atoms with E-state index in [0.717, 1.165) is 6.54 Å². The fourth-order valence-corrected chi connectivity index (χ4v) is 1.31. The monoisotopic (exact) mass is 151 g/mol. The zero-order chi connectivity index (χ0) is 7.94. The summed E-state index contributed by atoms with van der Waals surface area (Å²) < 4.78 is 0. The molecule has 0 aromatic heterocycles. The molecule has 0 fully saturated rings. The third-order valence-electron chi connectivity index (χ3n) is 1.97. The number of allylic oxidation sites excluding steroid dienone is 3. The van der Waals surface area contributed by atoms with Crippen LogP contribution in [0, 0.1) is 0 Å². The largest absolute Gasteiger partial charge is 0.385 e.